The van der Waals surface area contributed by atoms with E-state index in [1.807, 2.05) is 6.07 Å². The molecule has 4 nitrogen and oxygen atoms in total. The van der Waals surface area contributed by atoms with Crippen molar-refractivity contribution in [2.45, 2.75) is 13.2 Å². The predicted octanol–water partition coefficient (Wildman–Crippen LogP) is 3.91. The highest BCUT2D eigenvalue weighted by Gasteiger charge is 2.11. The van der Waals surface area contributed by atoms with E-state index in [1.54, 1.807) is 30.7 Å². The Balaban J connectivity index is 1.77. The lowest BCUT2D eigenvalue weighted by Crippen LogP contribution is -2.21. The molecule has 0 fully saturated rings. The molecule has 0 atom stereocenters. The molecule has 0 aliphatic heterocycles. The van der Waals surface area contributed by atoms with Gasteiger partial charge in [-0.3, -0.25) is 9.78 Å². The second-order valence-corrected chi connectivity index (χ2v) is 6.11. The van der Waals surface area contributed by atoms with Crippen LogP contribution in [0.2, 0.25) is 0 Å². The van der Waals surface area contributed by atoms with Crippen LogP contribution in [-0.2, 0) is 13.2 Å². The monoisotopic (exact) mass is 406 g/mol. The summed E-state index contributed by atoms with van der Waals surface area (Å²) >= 11 is 3.22. The first-order chi connectivity index (χ1) is 12.0. The van der Waals surface area contributed by atoms with Gasteiger partial charge in [-0.05, 0) is 45.8 Å². The molecule has 2 heterocycles. The number of ether oxygens (including phenoxy) is 1. The quantitative estimate of drug-likeness (QED) is 0.644. The van der Waals surface area contributed by atoms with Crippen molar-refractivity contribution in [2.75, 3.05) is 0 Å². The van der Waals surface area contributed by atoms with Crippen molar-refractivity contribution in [1.82, 2.24) is 9.55 Å². The molecule has 0 saturated carbocycles. The topological polar surface area (TPSA) is 44.1 Å². The highest BCUT2D eigenvalue weighted by atomic mass is 79.9. The van der Waals surface area contributed by atoms with E-state index in [2.05, 4.69) is 20.9 Å². The van der Waals surface area contributed by atoms with Gasteiger partial charge in [0.25, 0.3) is 5.56 Å². The minimum Gasteiger partial charge on any atom is -0.487 e. The van der Waals surface area contributed by atoms with Gasteiger partial charge in [0.05, 0.1) is 6.54 Å². The molecular weight excluding hydrogens is 394 g/mol. The zero-order chi connectivity index (χ0) is 17.8. The van der Waals surface area contributed by atoms with E-state index in [9.17, 15) is 13.6 Å². The lowest BCUT2D eigenvalue weighted by molar-refractivity contribution is 0.296. The summed E-state index contributed by atoms with van der Waals surface area (Å²) in [7, 11) is 0. The molecular formula is C18H13BrF2N2O2. The van der Waals surface area contributed by atoms with Crippen molar-refractivity contribution >= 4 is 15.9 Å². The average Bonchev–Trinajstić information content (AvgIpc) is 2.61. The van der Waals surface area contributed by atoms with Gasteiger partial charge in [-0.25, -0.2) is 8.78 Å². The van der Waals surface area contributed by atoms with E-state index in [0.717, 1.165) is 17.7 Å². The van der Waals surface area contributed by atoms with Gasteiger partial charge in [-0.1, -0.05) is 6.07 Å². The van der Waals surface area contributed by atoms with Crippen LogP contribution in [0.15, 0.2) is 64.3 Å². The Hall–Kier alpha value is -2.54. The molecule has 1 aromatic carbocycles. The molecule has 0 aliphatic carbocycles. The fourth-order valence-corrected chi connectivity index (χ4v) is 2.72. The van der Waals surface area contributed by atoms with Crippen LogP contribution in [0, 0.1) is 11.6 Å². The highest BCUT2D eigenvalue weighted by Crippen LogP contribution is 2.22. The van der Waals surface area contributed by atoms with Gasteiger partial charge in [0.15, 0.2) is 0 Å². The Kier molecular flexibility index (Phi) is 5.23. The summed E-state index contributed by atoms with van der Waals surface area (Å²) < 4.78 is 33.8. The predicted molar refractivity (Wildman–Crippen MR) is 92.4 cm³/mol. The fourth-order valence-electron chi connectivity index (χ4n) is 2.25. The van der Waals surface area contributed by atoms with Crippen LogP contribution in [0.3, 0.4) is 0 Å². The third kappa shape index (κ3) is 4.11. The fraction of sp³-hybridized carbons (Fsp3) is 0.111. The number of hydrogen-bond acceptors (Lipinski definition) is 3. The zero-order valence-corrected chi connectivity index (χ0v) is 14.5. The lowest BCUT2D eigenvalue weighted by Gasteiger charge is -2.11. The molecule has 0 saturated heterocycles. The maximum atomic E-state index is 13.6. The maximum absolute atomic E-state index is 13.6. The zero-order valence-electron chi connectivity index (χ0n) is 13.0. The molecule has 0 N–H and O–H groups in total. The second-order valence-electron chi connectivity index (χ2n) is 5.31. The number of aromatic nitrogens is 2. The lowest BCUT2D eigenvalue weighted by atomic mass is 10.2. The van der Waals surface area contributed by atoms with Crippen molar-refractivity contribution in [3.8, 4) is 5.75 Å². The van der Waals surface area contributed by atoms with Crippen molar-refractivity contribution in [2.24, 2.45) is 0 Å². The van der Waals surface area contributed by atoms with Gasteiger partial charge in [-0.15, -0.1) is 0 Å². The largest absolute Gasteiger partial charge is 0.487 e. The minimum absolute atomic E-state index is 0.114. The van der Waals surface area contributed by atoms with Crippen molar-refractivity contribution in [1.29, 1.82) is 0 Å². The third-order valence-electron chi connectivity index (χ3n) is 3.54. The van der Waals surface area contributed by atoms with E-state index in [1.165, 1.54) is 10.6 Å². The Morgan fingerprint density at radius 1 is 1.20 bits per heavy atom. The number of benzene rings is 1. The van der Waals surface area contributed by atoms with Gasteiger partial charge in [0.2, 0.25) is 0 Å². The number of hydrogen-bond donors (Lipinski definition) is 0. The summed E-state index contributed by atoms with van der Waals surface area (Å²) in [5.41, 5.74) is 0.812. The maximum Gasteiger partial charge on any atom is 0.268 e. The average molecular weight is 407 g/mol. The first-order valence-electron chi connectivity index (χ1n) is 7.39. The normalized spacial score (nSPS) is 10.7. The van der Waals surface area contributed by atoms with E-state index < -0.39 is 11.6 Å². The van der Waals surface area contributed by atoms with Crippen molar-refractivity contribution in [3.05, 3.63) is 92.6 Å². The van der Waals surface area contributed by atoms with Gasteiger partial charge < -0.3 is 9.30 Å². The first-order valence-corrected chi connectivity index (χ1v) is 8.18. The van der Waals surface area contributed by atoms with Crippen LogP contribution in [0.5, 0.6) is 5.75 Å². The number of nitrogens with zero attached hydrogens (tertiary/aromatic N) is 2. The minimum atomic E-state index is -0.693. The molecule has 3 aromatic rings. The molecule has 128 valence electrons. The van der Waals surface area contributed by atoms with Gasteiger partial charge in [-0.2, -0.15) is 0 Å². The van der Waals surface area contributed by atoms with Crippen molar-refractivity contribution in [3.63, 3.8) is 0 Å². The molecule has 0 spiro atoms. The van der Waals surface area contributed by atoms with Crippen LogP contribution < -0.4 is 10.3 Å². The Labute approximate surface area is 150 Å². The smallest absolute Gasteiger partial charge is 0.268 e. The molecule has 0 aliphatic rings. The van der Waals surface area contributed by atoms with Crippen LogP contribution in [0.1, 0.15) is 11.1 Å². The molecule has 7 heteroatoms. The third-order valence-corrected chi connectivity index (χ3v) is 4.27. The SMILES string of the molecule is O=c1c(Br)c(OCc2ccc(F)cc2F)ccn1Cc1cccnc1. The van der Waals surface area contributed by atoms with E-state index in [0.29, 0.717) is 6.54 Å². The van der Waals surface area contributed by atoms with Crippen LogP contribution in [-0.4, -0.2) is 9.55 Å². The molecule has 0 amide bonds. The molecule has 3 rings (SSSR count). The summed E-state index contributed by atoms with van der Waals surface area (Å²) in [6.07, 6.45) is 4.94. The Morgan fingerprint density at radius 3 is 2.76 bits per heavy atom. The van der Waals surface area contributed by atoms with Gasteiger partial charge >= 0.3 is 0 Å². The Bertz CT molecular complexity index is 946. The highest BCUT2D eigenvalue weighted by molar-refractivity contribution is 9.10. The first kappa shape index (κ1) is 17.3. The van der Waals surface area contributed by atoms with Crippen LogP contribution in [0.4, 0.5) is 8.78 Å². The summed E-state index contributed by atoms with van der Waals surface area (Å²) in [6, 6.07) is 8.53. The standard InChI is InChI=1S/C18H13BrF2N2O2/c19-17-16(25-11-13-3-4-14(20)8-15(13)21)5-7-23(18(17)24)10-12-2-1-6-22-9-12/h1-9H,10-11H2. The van der Waals surface area contributed by atoms with E-state index in [-0.39, 0.29) is 28.0 Å². The summed E-state index contributed by atoms with van der Waals surface area (Å²) in [5, 5.41) is 0. The molecule has 0 radical (unpaired) electrons. The molecule has 25 heavy (non-hydrogen) atoms. The number of halogens is 3. The van der Waals surface area contributed by atoms with Crippen LogP contribution in [0.25, 0.3) is 0 Å². The van der Waals surface area contributed by atoms with Crippen molar-refractivity contribution < 1.29 is 13.5 Å². The van der Waals surface area contributed by atoms with Crippen LogP contribution >= 0.6 is 15.9 Å². The summed E-state index contributed by atoms with van der Waals surface area (Å²) in [6.45, 7) is 0.259. The van der Waals surface area contributed by atoms with E-state index in [4.69, 9.17) is 4.74 Å². The molecule has 0 unspecified atom stereocenters. The summed E-state index contributed by atoms with van der Waals surface area (Å²) in [5.74, 6) is -1.06. The second kappa shape index (κ2) is 7.57. The number of pyridine rings is 2. The summed E-state index contributed by atoms with van der Waals surface area (Å²) in [4.78, 5) is 16.4. The number of rotatable bonds is 5. The van der Waals surface area contributed by atoms with Gasteiger partial charge in [0, 0.05) is 30.2 Å². The Morgan fingerprint density at radius 2 is 2.04 bits per heavy atom. The molecule has 2 aromatic heterocycles. The molecule has 0 bridgehead atoms. The van der Waals surface area contributed by atoms with Gasteiger partial charge in [0.1, 0.15) is 28.5 Å². The van der Waals surface area contributed by atoms with E-state index >= 15 is 0 Å².